The van der Waals surface area contributed by atoms with Crippen LogP contribution >= 0.6 is 11.6 Å². The summed E-state index contributed by atoms with van der Waals surface area (Å²) in [6, 6.07) is 15.8. The van der Waals surface area contributed by atoms with Gasteiger partial charge in [0.2, 0.25) is 0 Å². The summed E-state index contributed by atoms with van der Waals surface area (Å²) in [6.45, 7) is 4.30. The molecule has 0 spiro atoms. The van der Waals surface area contributed by atoms with E-state index in [-0.39, 0.29) is 16.3 Å². The van der Waals surface area contributed by atoms with Gasteiger partial charge in [-0.15, -0.1) is 0 Å². The van der Waals surface area contributed by atoms with Gasteiger partial charge in [0.25, 0.3) is 5.91 Å². The molecule has 0 unspecified atom stereocenters. The quantitative estimate of drug-likeness (QED) is 0.285. The highest BCUT2D eigenvalue weighted by atomic mass is 35.5. The molecule has 3 aromatic rings. The summed E-state index contributed by atoms with van der Waals surface area (Å²) in [5, 5.41) is 13.5. The van der Waals surface area contributed by atoms with Crippen LogP contribution in [0.4, 0.5) is 0 Å². The normalized spacial score (nSPS) is 10.6. The van der Waals surface area contributed by atoms with Crippen molar-refractivity contribution in [3.05, 3.63) is 87.4 Å². The number of benzene rings is 3. The largest absolute Gasteiger partial charge is 0.506 e. The first-order chi connectivity index (χ1) is 16.3. The molecule has 3 rings (SSSR count). The van der Waals surface area contributed by atoms with Crippen LogP contribution in [-0.2, 0) is 0 Å². The van der Waals surface area contributed by atoms with Crippen molar-refractivity contribution >= 4 is 23.7 Å². The predicted octanol–water partition coefficient (Wildman–Crippen LogP) is 5.35. The van der Waals surface area contributed by atoms with Crippen molar-refractivity contribution in [2.45, 2.75) is 19.8 Å². The van der Waals surface area contributed by atoms with Crippen LogP contribution in [0.2, 0.25) is 5.02 Å². The third-order valence-corrected chi connectivity index (χ3v) is 5.33. The van der Waals surface area contributed by atoms with Crippen LogP contribution in [-0.4, -0.2) is 31.4 Å². The number of nitrogens with zero attached hydrogens (tertiary/aromatic N) is 1. The van der Waals surface area contributed by atoms with Crippen LogP contribution in [0.25, 0.3) is 0 Å². The number of phenolic OH excluding ortho intramolecular Hbond substituents is 1. The molecule has 6 nitrogen and oxygen atoms in total. The maximum atomic E-state index is 12.2. The van der Waals surface area contributed by atoms with E-state index >= 15 is 0 Å². The summed E-state index contributed by atoms with van der Waals surface area (Å²) in [5.74, 6) is 7.21. The molecule has 0 radical (unpaired) electrons. The molecule has 7 heteroatoms. The number of carbonyl (C=O) groups excluding carboxylic acids is 1. The first-order valence-corrected chi connectivity index (χ1v) is 10.9. The van der Waals surface area contributed by atoms with E-state index in [1.165, 1.54) is 30.0 Å². The molecule has 174 valence electrons. The third kappa shape index (κ3) is 6.09. The minimum absolute atomic E-state index is 0.0821. The molecular weight excluding hydrogens is 452 g/mol. The van der Waals surface area contributed by atoms with Gasteiger partial charge in [-0.25, -0.2) is 5.43 Å². The van der Waals surface area contributed by atoms with Gasteiger partial charge < -0.3 is 14.6 Å². The summed E-state index contributed by atoms with van der Waals surface area (Å²) >= 11 is 5.85. The van der Waals surface area contributed by atoms with Gasteiger partial charge in [-0.3, -0.25) is 4.79 Å². The molecule has 0 fully saturated rings. The third-order valence-electron chi connectivity index (χ3n) is 5.03. The fourth-order valence-electron chi connectivity index (χ4n) is 3.09. The van der Waals surface area contributed by atoms with Crippen molar-refractivity contribution in [1.29, 1.82) is 0 Å². The molecule has 3 aromatic carbocycles. The topological polar surface area (TPSA) is 80.2 Å². The second-order valence-corrected chi connectivity index (χ2v) is 8.10. The van der Waals surface area contributed by atoms with Gasteiger partial charge >= 0.3 is 0 Å². The molecule has 0 aliphatic carbocycles. The van der Waals surface area contributed by atoms with Gasteiger partial charge in [-0.2, -0.15) is 5.10 Å². The molecule has 0 aromatic heterocycles. The number of phenols is 1. The minimum atomic E-state index is -0.469. The highest BCUT2D eigenvalue weighted by Gasteiger charge is 2.11. The van der Waals surface area contributed by atoms with Gasteiger partial charge in [-0.05, 0) is 53.9 Å². The summed E-state index contributed by atoms with van der Waals surface area (Å²) in [4.78, 5) is 12.2. The Morgan fingerprint density at radius 2 is 1.68 bits per heavy atom. The predicted molar refractivity (Wildman–Crippen MR) is 134 cm³/mol. The summed E-state index contributed by atoms with van der Waals surface area (Å²) in [5.41, 5.74) is 6.08. The number of hydrogen-bond acceptors (Lipinski definition) is 5. The Kier molecular flexibility index (Phi) is 8.18. The molecule has 34 heavy (non-hydrogen) atoms. The van der Waals surface area contributed by atoms with Crippen LogP contribution in [0, 0.1) is 11.8 Å². The van der Waals surface area contributed by atoms with E-state index in [0.29, 0.717) is 28.5 Å². The number of nitrogens with one attached hydrogen (secondary N) is 1. The number of aromatic hydroxyl groups is 1. The van der Waals surface area contributed by atoms with Crippen LogP contribution in [0.15, 0.2) is 59.7 Å². The Labute approximate surface area is 204 Å². The van der Waals surface area contributed by atoms with Gasteiger partial charge in [0.15, 0.2) is 0 Å². The number of amides is 1. The van der Waals surface area contributed by atoms with Crippen molar-refractivity contribution in [2.24, 2.45) is 5.10 Å². The number of hydrogen-bond donors (Lipinski definition) is 2. The first kappa shape index (κ1) is 24.7. The lowest BCUT2D eigenvalue weighted by Gasteiger charge is -2.10. The maximum absolute atomic E-state index is 12.2. The Balaban J connectivity index is 1.80. The van der Waals surface area contributed by atoms with E-state index in [4.69, 9.17) is 21.1 Å². The van der Waals surface area contributed by atoms with Crippen LogP contribution in [0.3, 0.4) is 0 Å². The SMILES string of the molecule is COc1cc(/C=N/NC(=O)c2ccc(O)c(Cl)c2)cc(OC)c1C#Cc1ccc(C(C)C)cc1. The zero-order valence-electron chi connectivity index (χ0n) is 19.3. The average molecular weight is 477 g/mol. The fourth-order valence-corrected chi connectivity index (χ4v) is 3.27. The number of methoxy groups -OCH3 is 2. The van der Waals surface area contributed by atoms with E-state index in [0.717, 1.165) is 5.56 Å². The molecule has 0 aliphatic rings. The van der Waals surface area contributed by atoms with Crippen molar-refractivity contribution in [3.63, 3.8) is 0 Å². The number of halogens is 1. The summed E-state index contributed by atoms with van der Waals surface area (Å²) < 4.78 is 11.0. The van der Waals surface area contributed by atoms with E-state index in [9.17, 15) is 9.90 Å². The number of carbonyl (C=O) groups is 1. The monoisotopic (exact) mass is 476 g/mol. The zero-order chi connectivity index (χ0) is 24.7. The molecule has 0 saturated carbocycles. The zero-order valence-corrected chi connectivity index (χ0v) is 20.1. The number of ether oxygens (including phenoxy) is 2. The molecule has 0 bridgehead atoms. The Bertz CT molecular complexity index is 1250. The lowest BCUT2D eigenvalue weighted by atomic mass is 10.0. The van der Waals surface area contributed by atoms with Gasteiger partial charge in [0.1, 0.15) is 22.8 Å². The van der Waals surface area contributed by atoms with E-state index in [1.54, 1.807) is 26.4 Å². The highest BCUT2D eigenvalue weighted by Crippen LogP contribution is 2.29. The standard InChI is InChI=1S/C27H25ClN2O4/c1-17(2)20-8-5-18(6-9-20)7-11-22-25(33-3)13-19(14-26(22)34-4)16-29-30-27(32)21-10-12-24(31)23(28)15-21/h5-6,8-10,12-17,31H,1-4H3,(H,30,32)/b29-16+. The van der Waals surface area contributed by atoms with Gasteiger partial charge in [0.05, 0.1) is 25.5 Å². The smallest absolute Gasteiger partial charge is 0.271 e. The van der Waals surface area contributed by atoms with Crippen molar-refractivity contribution in [3.8, 4) is 29.1 Å². The van der Waals surface area contributed by atoms with Crippen LogP contribution in [0.5, 0.6) is 17.2 Å². The maximum Gasteiger partial charge on any atom is 0.271 e. The lowest BCUT2D eigenvalue weighted by molar-refractivity contribution is 0.0955. The van der Waals surface area contributed by atoms with Crippen molar-refractivity contribution in [1.82, 2.24) is 5.43 Å². The van der Waals surface area contributed by atoms with Gasteiger partial charge in [0, 0.05) is 16.7 Å². The minimum Gasteiger partial charge on any atom is -0.506 e. The van der Waals surface area contributed by atoms with Crippen LogP contribution < -0.4 is 14.9 Å². The molecule has 0 aliphatic heterocycles. The lowest BCUT2D eigenvalue weighted by Crippen LogP contribution is -2.17. The molecular formula is C27H25ClN2O4. The van der Waals surface area contributed by atoms with E-state index in [1.807, 2.05) is 12.1 Å². The Hall–Kier alpha value is -3.95. The second-order valence-electron chi connectivity index (χ2n) is 7.69. The fraction of sp³-hybridized carbons (Fsp3) is 0.185. The molecule has 0 atom stereocenters. The Morgan fingerprint density at radius 1 is 1.03 bits per heavy atom. The van der Waals surface area contributed by atoms with E-state index < -0.39 is 5.91 Å². The van der Waals surface area contributed by atoms with Crippen molar-refractivity contribution in [2.75, 3.05) is 14.2 Å². The molecule has 0 heterocycles. The average Bonchev–Trinajstić information content (AvgIpc) is 2.84. The second kappa shape index (κ2) is 11.3. The van der Waals surface area contributed by atoms with Crippen molar-refractivity contribution < 1.29 is 19.4 Å². The molecule has 2 N–H and O–H groups in total. The summed E-state index contributed by atoms with van der Waals surface area (Å²) in [7, 11) is 3.10. The Morgan fingerprint density at radius 3 is 2.24 bits per heavy atom. The van der Waals surface area contributed by atoms with E-state index in [2.05, 4.69) is 48.3 Å². The number of rotatable bonds is 6. The molecule has 1 amide bonds. The highest BCUT2D eigenvalue weighted by molar-refractivity contribution is 6.32. The summed E-state index contributed by atoms with van der Waals surface area (Å²) in [6.07, 6.45) is 1.47. The number of hydrazone groups is 1. The van der Waals surface area contributed by atoms with Gasteiger partial charge in [-0.1, -0.05) is 49.4 Å². The first-order valence-electron chi connectivity index (χ1n) is 10.5. The van der Waals surface area contributed by atoms with Crippen LogP contribution in [0.1, 0.15) is 52.4 Å². The molecule has 0 saturated heterocycles.